The number of benzene rings is 1. The minimum Gasteiger partial charge on any atom is -0.381 e. The molecule has 0 aliphatic carbocycles. The second-order valence-corrected chi connectivity index (χ2v) is 7.43. The van der Waals surface area contributed by atoms with Crippen LogP contribution in [0.2, 0.25) is 0 Å². The van der Waals surface area contributed by atoms with Crippen LogP contribution in [0.4, 0.5) is 0 Å². The van der Waals surface area contributed by atoms with Crippen molar-refractivity contribution in [2.75, 3.05) is 19.8 Å². The minimum absolute atomic E-state index is 0.0624. The molecule has 1 N–H and O–H groups in total. The van der Waals surface area contributed by atoms with Gasteiger partial charge in [0.25, 0.3) is 5.56 Å². The highest BCUT2D eigenvalue weighted by Gasteiger charge is 2.53. The highest BCUT2D eigenvalue weighted by molar-refractivity contribution is 5.36. The van der Waals surface area contributed by atoms with Crippen LogP contribution in [0.25, 0.3) is 5.65 Å². The SMILES string of the molecule is O=c1cc(CN2CC3(CCOCC3)C2c2ccccc2)nc2cc[nH]n12. The molecule has 2 aliphatic rings. The molecule has 1 unspecified atom stereocenters. The third-order valence-electron chi connectivity index (χ3n) is 5.87. The first-order valence-corrected chi connectivity index (χ1v) is 9.18. The second-order valence-electron chi connectivity index (χ2n) is 7.43. The van der Waals surface area contributed by atoms with Crippen molar-refractivity contribution < 1.29 is 4.74 Å². The minimum atomic E-state index is -0.0624. The summed E-state index contributed by atoms with van der Waals surface area (Å²) in [5.41, 5.74) is 3.07. The quantitative estimate of drug-likeness (QED) is 0.788. The van der Waals surface area contributed by atoms with Gasteiger partial charge in [0.15, 0.2) is 5.65 Å². The van der Waals surface area contributed by atoms with Crippen molar-refractivity contribution in [2.24, 2.45) is 5.41 Å². The topological polar surface area (TPSA) is 62.6 Å². The van der Waals surface area contributed by atoms with E-state index in [4.69, 9.17) is 4.74 Å². The smallest absolute Gasteiger partial charge is 0.272 e. The summed E-state index contributed by atoms with van der Waals surface area (Å²) in [6.07, 6.45) is 3.92. The van der Waals surface area contributed by atoms with E-state index < -0.39 is 0 Å². The Morgan fingerprint density at radius 1 is 1.19 bits per heavy atom. The summed E-state index contributed by atoms with van der Waals surface area (Å²) in [6, 6.07) is 14.5. The van der Waals surface area contributed by atoms with Gasteiger partial charge in [-0.05, 0) is 18.4 Å². The van der Waals surface area contributed by atoms with Crippen LogP contribution in [-0.2, 0) is 11.3 Å². The Balaban J connectivity index is 1.46. The number of H-pyrrole nitrogens is 1. The summed E-state index contributed by atoms with van der Waals surface area (Å²) in [7, 11) is 0. The van der Waals surface area contributed by atoms with Crippen LogP contribution in [0, 0.1) is 5.41 Å². The van der Waals surface area contributed by atoms with Gasteiger partial charge in [-0.1, -0.05) is 30.3 Å². The van der Waals surface area contributed by atoms with Crippen molar-refractivity contribution in [3.05, 3.63) is 70.3 Å². The zero-order chi connectivity index (χ0) is 17.6. The Morgan fingerprint density at radius 3 is 2.81 bits per heavy atom. The Bertz CT molecular complexity index is 972. The first kappa shape index (κ1) is 15.8. The second kappa shape index (κ2) is 6.07. The van der Waals surface area contributed by atoms with E-state index in [2.05, 4.69) is 45.3 Å². The lowest BCUT2D eigenvalue weighted by Crippen LogP contribution is -2.60. The number of nitrogens with zero attached hydrogens (tertiary/aromatic N) is 3. The van der Waals surface area contributed by atoms with E-state index >= 15 is 0 Å². The molecule has 6 nitrogen and oxygen atoms in total. The molecular formula is C20H22N4O2. The van der Waals surface area contributed by atoms with Crippen LogP contribution in [-0.4, -0.2) is 39.3 Å². The monoisotopic (exact) mass is 350 g/mol. The Labute approximate surface area is 151 Å². The highest BCUT2D eigenvalue weighted by atomic mass is 16.5. The van der Waals surface area contributed by atoms with E-state index in [1.54, 1.807) is 12.3 Å². The number of nitrogens with one attached hydrogen (secondary N) is 1. The number of aromatic nitrogens is 3. The molecular weight excluding hydrogens is 328 g/mol. The zero-order valence-corrected chi connectivity index (χ0v) is 14.6. The largest absolute Gasteiger partial charge is 0.381 e. The van der Waals surface area contributed by atoms with Gasteiger partial charge in [0.1, 0.15) is 0 Å². The third-order valence-corrected chi connectivity index (χ3v) is 5.87. The maximum atomic E-state index is 12.3. The van der Waals surface area contributed by atoms with E-state index in [1.807, 2.05) is 6.07 Å². The molecule has 0 saturated carbocycles. The summed E-state index contributed by atoms with van der Waals surface area (Å²) in [4.78, 5) is 19.3. The highest BCUT2D eigenvalue weighted by Crippen LogP contribution is 2.54. The molecule has 0 amide bonds. The molecule has 1 spiro atoms. The summed E-state index contributed by atoms with van der Waals surface area (Å²) in [5, 5.41) is 2.89. The fourth-order valence-electron chi connectivity index (χ4n) is 4.68. The Kier molecular flexibility index (Phi) is 3.69. The van der Waals surface area contributed by atoms with E-state index in [1.165, 1.54) is 10.1 Å². The van der Waals surface area contributed by atoms with Gasteiger partial charge in [-0.3, -0.25) is 14.8 Å². The van der Waals surface area contributed by atoms with Crippen molar-refractivity contribution in [2.45, 2.75) is 25.4 Å². The molecule has 2 fully saturated rings. The molecule has 2 aliphatic heterocycles. The fourth-order valence-corrected chi connectivity index (χ4v) is 4.68. The standard InChI is InChI=1S/C20H22N4O2/c25-18-12-16(22-17-6-9-21-24(17)18)13-23-14-20(7-10-26-11-8-20)19(23)15-4-2-1-3-5-15/h1-6,9,12,19,21H,7-8,10-11,13-14H2. The van der Waals surface area contributed by atoms with Gasteiger partial charge in [0, 0.05) is 56.1 Å². The van der Waals surface area contributed by atoms with E-state index in [9.17, 15) is 4.79 Å². The Hall–Kier alpha value is -2.44. The first-order valence-electron chi connectivity index (χ1n) is 9.18. The molecule has 26 heavy (non-hydrogen) atoms. The molecule has 0 radical (unpaired) electrons. The molecule has 2 saturated heterocycles. The van der Waals surface area contributed by atoms with Crippen molar-refractivity contribution in [1.29, 1.82) is 0 Å². The maximum absolute atomic E-state index is 12.3. The average Bonchev–Trinajstić information content (AvgIpc) is 3.12. The summed E-state index contributed by atoms with van der Waals surface area (Å²) < 4.78 is 7.08. The third kappa shape index (κ3) is 2.48. The van der Waals surface area contributed by atoms with E-state index in [-0.39, 0.29) is 11.0 Å². The molecule has 134 valence electrons. The van der Waals surface area contributed by atoms with Gasteiger partial charge in [0.05, 0.1) is 5.69 Å². The Morgan fingerprint density at radius 2 is 2.00 bits per heavy atom. The number of fused-ring (bicyclic) bond motifs is 1. The number of ether oxygens (including phenoxy) is 1. The molecule has 4 heterocycles. The van der Waals surface area contributed by atoms with E-state index in [0.29, 0.717) is 18.2 Å². The van der Waals surface area contributed by atoms with Gasteiger partial charge in [-0.15, -0.1) is 0 Å². The predicted octanol–water partition coefficient (Wildman–Crippen LogP) is 2.38. The molecule has 6 heteroatoms. The molecule has 5 rings (SSSR count). The number of hydrogen-bond acceptors (Lipinski definition) is 4. The van der Waals surface area contributed by atoms with Gasteiger partial charge in [-0.2, -0.15) is 0 Å². The van der Waals surface area contributed by atoms with Crippen molar-refractivity contribution in [1.82, 2.24) is 19.5 Å². The van der Waals surface area contributed by atoms with Gasteiger partial charge in [0.2, 0.25) is 0 Å². The molecule has 0 bridgehead atoms. The average molecular weight is 350 g/mol. The molecule has 3 aromatic rings. The van der Waals surface area contributed by atoms with Crippen LogP contribution in [0.5, 0.6) is 0 Å². The van der Waals surface area contributed by atoms with Crippen molar-refractivity contribution >= 4 is 5.65 Å². The van der Waals surface area contributed by atoms with Crippen molar-refractivity contribution in [3.8, 4) is 0 Å². The van der Waals surface area contributed by atoms with Crippen LogP contribution < -0.4 is 5.56 Å². The van der Waals surface area contributed by atoms with Gasteiger partial charge in [-0.25, -0.2) is 9.50 Å². The summed E-state index contributed by atoms with van der Waals surface area (Å²) in [5.74, 6) is 0. The number of rotatable bonds is 3. The zero-order valence-electron chi connectivity index (χ0n) is 14.6. The van der Waals surface area contributed by atoms with E-state index in [0.717, 1.165) is 38.3 Å². The van der Waals surface area contributed by atoms with Crippen LogP contribution in [0.3, 0.4) is 0 Å². The van der Waals surface area contributed by atoms with Crippen LogP contribution in [0.15, 0.2) is 53.5 Å². The lowest BCUT2D eigenvalue weighted by Gasteiger charge is -2.59. The molecule has 2 aromatic heterocycles. The van der Waals surface area contributed by atoms with Gasteiger partial charge >= 0.3 is 0 Å². The van der Waals surface area contributed by atoms with Crippen LogP contribution >= 0.6 is 0 Å². The lowest BCUT2D eigenvalue weighted by atomic mass is 9.64. The number of likely N-dealkylation sites (tertiary alicyclic amines) is 1. The molecule has 1 atom stereocenters. The summed E-state index contributed by atoms with van der Waals surface area (Å²) in [6.45, 7) is 3.40. The lowest BCUT2D eigenvalue weighted by molar-refractivity contribution is -0.139. The normalized spacial score (nSPS) is 22.5. The first-order chi connectivity index (χ1) is 12.8. The maximum Gasteiger partial charge on any atom is 0.272 e. The fraction of sp³-hybridized carbons (Fsp3) is 0.400. The van der Waals surface area contributed by atoms with Crippen LogP contribution in [0.1, 0.15) is 30.1 Å². The van der Waals surface area contributed by atoms with Gasteiger partial charge < -0.3 is 4.74 Å². The predicted molar refractivity (Wildman–Crippen MR) is 97.9 cm³/mol. The van der Waals surface area contributed by atoms with Crippen molar-refractivity contribution in [3.63, 3.8) is 0 Å². The summed E-state index contributed by atoms with van der Waals surface area (Å²) >= 11 is 0. The number of hydrogen-bond donors (Lipinski definition) is 1. The number of aromatic amines is 1. The molecule has 1 aromatic carbocycles.